The third-order valence-electron chi connectivity index (χ3n) is 1.77. The predicted octanol–water partition coefficient (Wildman–Crippen LogP) is 2.30. The number of hydrogen-bond acceptors (Lipinski definition) is 3. The van der Waals surface area contributed by atoms with Crippen LogP contribution in [0.1, 0.15) is 31.7 Å². The van der Waals surface area contributed by atoms with E-state index in [1.54, 1.807) is 16.8 Å². The van der Waals surface area contributed by atoms with Crippen molar-refractivity contribution < 1.29 is 0 Å². The molecule has 0 aliphatic heterocycles. The van der Waals surface area contributed by atoms with Gasteiger partial charge in [-0.1, -0.05) is 20.8 Å². The summed E-state index contributed by atoms with van der Waals surface area (Å²) in [5.74, 6) is 1.21. The van der Waals surface area contributed by atoms with Crippen LogP contribution in [0.15, 0.2) is 5.51 Å². The quantitative estimate of drug-likeness (QED) is 0.656. The van der Waals surface area contributed by atoms with E-state index in [-0.39, 0.29) is 0 Å². The minimum atomic E-state index is 0.549. The van der Waals surface area contributed by atoms with Crippen LogP contribution in [0.2, 0.25) is 0 Å². The van der Waals surface area contributed by atoms with Gasteiger partial charge in [-0.25, -0.2) is 0 Å². The van der Waals surface area contributed by atoms with E-state index in [1.807, 2.05) is 0 Å². The van der Waals surface area contributed by atoms with Crippen LogP contribution in [-0.2, 0) is 0 Å². The lowest BCUT2D eigenvalue weighted by molar-refractivity contribution is 0.529. The summed E-state index contributed by atoms with van der Waals surface area (Å²) in [7, 11) is 0. The highest BCUT2D eigenvalue weighted by Crippen LogP contribution is 2.23. The van der Waals surface area contributed by atoms with Gasteiger partial charge in [0.05, 0.1) is 0 Å². The van der Waals surface area contributed by atoms with Crippen LogP contribution < -0.4 is 0 Å². The lowest BCUT2D eigenvalue weighted by Gasteiger charge is -2.10. The average Bonchev–Trinajstić information content (AvgIpc) is 2.36. The maximum Gasteiger partial charge on any atom is 0.120 e. The molecule has 0 saturated carbocycles. The molecule has 56 valence electrons. The van der Waals surface area contributed by atoms with E-state index in [1.165, 1.54) is 0 Å². The fourth-order valence-electron chi connectivity index (χ4n) is 0.665. The van der Waals surface area contributed by atoms with Crippen molar-refractivity contribution >= 4 is 11.3 Å². The summed E-state index contributed by atoms with van der Waals surface area (Å²) < 4.78 is 0. The molecule has 0 fully saturated rings. The van der Waals surface area contributed by atoms with Gasteiger partial charge in [-0.15, -0.1) is 21.5 Å². The van der Waals surface area contributed by atoms with E-state index in [2.05, 4.69) is 31.0 Å². The van der Waals surface area contributed by atoms with Gasteiger partial charge in [-0.3, -0.25) is 0 Å². The van der Waals surface area contributed by atoms with Gasteiger partial charge in [0.2, 0.25) is 0 Å². The third-order valence-corrected chi connectivity index (χ3v) is 2.66. The fraction of sp³-hybridized carbons (Fsp3) is 0.714. The molecule has 0 aromatic carbocycles. The van der Waals surface area contributed by atoms with Crippen molar-refractivity contribution in [2.24, 2.45) is 5.92 Å². The third kappa shape index (κ3) is 1.53. The van der Waals surface area contributed by atoms with E-state index in [0.29, 0.717) is 11.8 Å². The van der Waals surface area contributed by atoms with Crippen LogP contribution >= 0.6 is 11.3 Å². The lowest BCUT2D eigenvalue weighted by atomic mass is 9.99. The Bertz CT molecular complexity index is 181. The van der Waals surface area contributed by atoms with Gasteiger partial charge in [0.1, 0.15) is 10.5 Å². The van der Waals surface area contributed by atoms with Gasteiger partial charge in [-0.2, -0.15) is 0 Å². The Morgan fingerprint density at radius 3 is 2.50 bits per heavy atom. The van der Waals surface area contributed by atoms with Gasteiger partial charge in [0, 0.05) is 5.92 Å². The fourth-order valence-corrected chi connectivity index (χ4v) is 1.45. The molecule has 10 heavy (non-hydrogen) atoms. The second kappa shape index (κ2) is 3.10. The Balaban J connectivity index is 2.68. The van der Waals surface area contributed by atoms with Gasteiger partial charge >= 0.3 is 0 Å². The molecule has 3 heteroatoms. The van der Waals surface area contributed by atoms with Crippen molar-refractivity contribution in [2.45, 2.75) is 26.7 Å². The zero-order chi connectivity index (χ0) is 7.56. The first-order chi connectivity index (χ1) is 4.72. The molecular weight excluding hydrogens is 144 g/mol. The van der Waals surface area contributed by atoms with Crippen molar-refractivity contribution in [3.05, 3.63) is 10.5 Å². The topological polar surface area (TPSA) is 25.8 Å². The largest absolute Gasteiger partial charge is 0.147 e. The maximum absolute atomic E-state index is 4.01. The Labute approximate surface area is 65.3 Å². The van der Waals surface area contributed by atoms with Crippen LogP contribution in [0, 0.1) is 5.92 Å². The van der Waals surface area contributed by atoms with E-state index in [9.17, 15) is 0 Å². The van der Waals surface area contributed by atoms with Crippen LogP contribution in [0.25, 0.3) is 0 Å². The van der Waals surface area contributed by atoms with Gasteiger partial charge in [-0.05, 0) is 5.92 Å². The smallest absolute Gasteiger partial charge is 0.120 e. The van der Waals surface area contributed by atoms with Crippen molar-refractivity contribution in [1.29, 1.82) is 0 Å². The predicted molar refractivity (Wildman–Crippen MR) is 43.2 cm³/mol. The van der Waals surface area contributed by atoms with E-state index < -0.39 is 0 Å². The number of hydrogen-bond donors (Lipinski definition) is 0. The van der Waals surface area contributed by atoms with Gasteiger partial charge < -0.3 is 0 Å². The molecule has 0 aliphatic rings. The first kappa shape index (κ1) is 7.66. The molecular formula is C7H12N2S. The summed E-state index contributed by atoms with van der Waals surface area (Å²) in [6, 6.07) is 0. The molecule has 1 aromatic rings. The molecule has 1 unspecified atom stereocenters. The minimum Gasteiger partial charge on any atom is -0.147 e. The molecule has 0 aliphatic carbocycles. The Hall–Kier alpha value is -0.440. The molecule has 1 aromatic heterocycles. The summed E-state index contributed by atoms with van der Waals surface area (Å²) in [6.07, 6.45) is 0. The highest BCUT2D eigenvalue weighted by Gasteiger charge is 2.11. The number of aromatic nitrogens is 2. The first-order valence-electron chi connectivity index (χ1n) is 3.48. The lowest BCUT2D eigenvalue weighted by Crippen LogP contribution is -2.00. The van der Waals surface area contributed by atoms with Crippen LogP contribution in [0.3, 0.4) is 0 Å². The van der Waals surface area contributed by atoms with Crippen LogP contribution in [0.4, 0.5) is 0 Å². The van der Waals surface area contributed by atoms with Crippen molar-refractivity contribution in [2.75, 3.05) is 0 Å². The Morgan fingerprint density at radius 2 is 2.10 bits per heavy atom. The number of nitrogens with zero attached hydrogens (tertiary/aromatic N) is 2. The van der Waals surface area contributed by atoms with Crippen molar-refractivity contribution in [3.8, 4) is 0 Å². The zero-order valence-corrected chi connectivity index (χ0v) is 7.35. The van der Waals surface area contributed by atoms with E-state index in [0.717, 1.165) is 5.01 Å². The second-order valence-corrected chi connectivity index (χ2v) is 3.67. The van der Waals surface area contributed by atoms with E-state index >= 15 is 0 Å². The monoisotopic (exact) mass is 156 g/mol. The molecule has 0 spiro atoms. The molecule has 1 rings (SSSR count). The summed E-state index contributed by atoms with van der Waals surface area (Å²) in [6.45, 7) is 6.59. The molecule has 1 heterocycles. The zero-order valence-electron chi connectivity index (χ0n) is 6.53. The summed E-state index contributed by atoms with van der Waals surface area (Å²) in [4.78, 5) is 0. The van der Waals surface area contributed by atoms with Crippen LogP contribution in [-0.4, -0.2) is 10.2 Å². The molecule has 0 amide bonds. The molecule has 0 radical (unpaired) electrons. The standard InChI is InChI=1S/C7H12N2S/c1-5(2)6(3)7-9-8-4-10-7/h4-6H,1-3H3. The van der Waals surface area contributed by atoms with Crippen molar-refractivity contribution in [3.63, 3.8) is 0 Å². The summed E-state index contributed by atoms with van der Waals surface area (Å²) >= 11 is 1.64. The second-order valence-electron chi connectivity index (χ2n) is 2.81. The highest BCUT2D eigenvalue weighted by atomic mass is 32.1. The SMILES string of the molecule is CC(C)C(C)c1nncs1. The normalized spacial score (nSPS) is 14.0. The summed E-state index contributed by atoms with van der Waals surface area (Å²) in [5.41, 5.74) is 1.79. The maximum atomic E-state index is 4.01. The van der Waals surface area contributed by atoms with Gasteiger partial charge in [0.15, 0.2) is 0 Å². The van der Waals surface area contributed by atoms with E-state index in [4.69, 9.17) is 0 Å². The molecule has 0 saturated heterocycles. The van der Waals surface area contributed by atoms with Gasteiger partial charge in [0.25, 0.3) is 0 Å². The molecule has 1 atom stereocenters. The molecule has 2 nitrogen and oxygen atoms in total. The minimum absolute atomic E-state index is 0.549. The Morgan fingerprint density at radius 1 is 1.40 bits per heavy atom. The van der Waals surface area contributed by atoms with Crippen LogP contribution in [0.5, 0.6) is 0 Å². The van der Waals surface area contributed by atoms with Crippen molar-refractivity contribution in [1.82, 2.24) is 10.2 Å². The molecule has 0 N–H and O–H groups in total. The molecule has 0 bridgehead atoms. The first-order valence-corrected chi connectivity index (χ1v) is 4.36. The average molecular weight is 156 g/mol. The highest BCUT2D eigenvalue weighted by molar-refractivity contribution is 7.09. The summed E-state index contributed by atoms with van der Waals surface area (Å²) in [5, 5.41) is 8.95. The number of rotatable bonds is 2. The Kier molecular flexibility index (Phi) is 2.38.